The fourth-order valence-corrected chi connectivity index (χ4v) is 2.16. The molecule has 0 aliphatic rings. The van der Waals surface area contributed by atoms with Gasteiger partial charge < -0.3 is 15.2 Å². The maximum absolute atomic E-state index is 11.8. The van der Waals surface area contributed by atoms with E-state index in [1.807, 2.05) is 0 Å². The minimum absolute atomic E-state index is 0.135. The van der Waals surface area contributed by atoms with Crippen LogP contribution in [0, 0.1) is 0 Å². The van der Waals surface area contributed by atoms with Crippen molar-refractivity contribution < 1.29 is 19.4 Å². The SMILES string of the molecule is CCOC(=O)[C@H](NC(C)=O)[C@H](O)c1ccc(Cl)cc1Cl. The molecule has 1 amide bonds. The lowest BCUT2D eigenvalue weighted by Crippen LogP contribution is -2.45. The molecule has 1 aromatic rings. The Bertz CT molecular complexity index is 507. The zero-order valence-corrected chi connectivity index (χ0v) is 12.5. The number of carbonyl (C=O) groups is 2. The van der Waals surface area contributed by atoms with Gasteiger partial charge >= 0.3 is 5.97 Å². The van der Waals surface area contributed by atoms with Crippen LogP contribution in [0.15, 0.2) is 18.2 Å². The summed E-state index contributed by atoms with van der Waals surface area (Å²) < 4.78 is 4.83. The average Bonchev–Trinajstić information content (AvgIpc) is 2.35. The molecule has 0 bridgehead atoms. The van der Waals surface area contributed by atoms with Gasteiger partial charge in [0.25, 0.3) is 0 Å². The van der Waals surface area contributed by atoms with Gasteiger partial charge in [-0.25, -0.2) is 4.79 Å². The first-order valence-corrected chi connectivity index (χ1v) is 6.69. The van der Waals surface area contributed by atoms with Gasteiger partial charge in [-0.15, -0.1) is 0 Å². The summed E-state index contributed by atoms with van der Waals surface area (Å²) in [6.07, 6.45) is -1.33. The Kier molecular flexibility index (Phi) is 6.26. The number of hydrogen-bond acceptors (Lipinski definition) is 4. The van der Waals surface area contributed by atoms with Crippen molar-refractivity contribution in [2.24, 2.45) is 0 Å². The first-order chi connectivity index (χ1) is 9.36. The Morgan fingerprint density at radius 1 is 1.40 bits per heavy atom. The molecule has 2 atom stereocenters. The van der Waals surface area contributed by atoms with E-state index in [1.54, 1.807) is 6.92 Å². The van der Waals surface area contributed by atoms with E-state index in [4.69, 9.17) is 27.9 Å². The zero-order valence-electron chi connectivity index (χ0n) is 11.0. The minimum atomic E-state index is -1.33. The number of rotatable bonds is 5. The number of hydrogen-bond donors (Lipinski definition) is 2. The van der Waals surface area contributed by atoms with Gasteiger partial charge in [-0.3, -0.25) is 4.79 Å². The van der Waals surface area contributed by atoms with Gasteiger partial charge in [-0.1, -0.05) is 29.3 Å². The van der Waals surface area contributed by atoms with E-state index in [0.29, 0.717) is 5.02 Å². The number of nitrogens with one attached hydrogen (secondary N) is 1. The summed E-state index contributed by atoms with van der Waals surface area (Å²) in [5.41, 5.74) is 0.280. The van der Waals surface area contributed by atoms with Crippen LogP contribution in [0.1, 0.15) is 25.5 Å². The highest BCUT2D eigenvalue weighted by atomic mass is 35.5. The van der Waals surface area contributed by atoms with Crippen LogP contribution in [-0.2, 0) is 14.3 Å². The van der Waals surface area contributed by atoms with Crippen LogP contribution in [0.3, 0.4) is 0 Å². The smallest absolute Gasteiger partial charge is 0.331 e. The van der Waals surface area contributed by atoms with Crippen molar-refractivity contribution in [3.05, 3.63) is 33.8 Å². The van der Waals surface area contributed by atoms with Crippen molar-refractivity contribution in [1.82, 2.24) is 5.32 Å². The molecule has 5 nitrogen and oxygen atoms in total. The van der Waals surface area contributed by atoms with E-state index < -0.39 is 24.0 Å². The first-order valence-electron chi connectivity index (χ1n) is 5.93. The van der Waals surface area contributed by atoms with Gasteiger partial charge in [0, 0.05) is 22.5 Å². The normalized spacial score (nSPS) is 13.4. The maximum atomic E-state index is 11.8. The van der Waals surface area contributed by atoms with Gasteiger partial charge in [0.05, 0.1) is 6.61 Å². The van der Waals surface area contributed by atoms with Crippen LogP contribution < -0.4 is 5.32 Å². The van der Waals surface area contributed by atoms with Crippen LogP contribution in [0.4, 0.5) is 0 Å². The van der Waals surface area contributed by atoms with E-state index in [2.05, 4.69) is 5.32 Å². The summed E-state index contributed by atoms with van der Waals surface area (Å²) in [6.45, 7) is 3.00. The molecule has 0 radical (unpaired) electrons. The number of amides is 1. The second-order valence-electron chi connectivity index (χ2n) is 4.04. The van der Waals surface area contributed by atoms with Gasteiger partial charge in [0.1, 0.15) is 6.10 Å². The van der Waals surface area contributed by atoms with Crippen molar-refractivity contribution in [2.75, 3.05) is 6.61 Å². The Morgan fingerprint density at radius 2 is 2.05 bits per heavy atom. The molecule has 0 saturated carbocycles. The maximum Gasteiger partial charge on any atom is 0.331 e. The van der Waals surface area contributed by atoms with E-state index in [0.717, 1.165) is 0 Å². The van der Waals surface area contributed by atoms with Crippen molar-refractivity contribution >= 4 is 35.1 Å². The largest absolute Gasteiger partial charge is 0.464 e. The number of carbonyl (C=O) groups excluding carboxylic acids is 2. The third kappa shape index (κ3) is 4.37. The lowest BCUT2D eigenvalue weighted by molar-refractivity contribution is -0.150. The molecule has 0 spiro atoms. The molecule has 0 saturated heterocycles. The Balaban J connectivity index is 3.05. The topological polar surface area (TPSA) is 75.6 Å². The Labute approximate surface area is 126 Å². The molecule has 110 valence electrons. The standard InChI is InChI=1S/C13H15Cl2NO4/c1-3-20-13(19)11(16-7(2)17)12(18)9-5-4-8(14)6-10(9)15/h4-6,11-12,18H,3H2,1-2H3,(H,16,17)/t11-,12-/m1/s1. The van der Waals surface area contributed by atoms with Crippen LogP contribution in [0.5, 0.6) is 0 Å². The number of benzene rings is 1. The molecule has 0 aliphatic heterocycles. The first kappa shape index (κ1) is 16.8. The third-order valence-corrected chi connectivity index (χ3v) is 3.06. The molecule has 0 aliphatic carbocycles. The number of aliphatic hydroxyl groups is 1. The molecule has 2 N–H and O–H groups in total. The number of aliphatic hydroxyl groups excluding tert-OH is 1. The molecule has 20 heavy (non-hydrogen) atoms. The second kappa shape index (κ2) is 7.47. The summed E-state index contributed by atoms with van der Waals surface area (Å²) in [4.78, 5) is 23.0. The van der Waals surface area contributed by atoms with E-state index in [-0.39, 0.29) is 17.2 Å². The number of ether oxygens (including phenoxy) is 1. The molecule has 7 heteroatoms. The zero-order chi connectivity index (χ0) is 15.3. The molecule has 0 heterocycles. The fraction of sp³-hybridized carbons (Fsp3) is 0.385. The molecule has 1 aromatic carbocycles. The highest BCUT2D eigenvalue weighted by Gasteiger charge is 2.31. The monoisotopic (exact) mass is 319 g/mol. The average molecular weight is 320 g/mol. The summed E-state index contributed by atoms with van der Waals surface area (Å²) in [7, 11) is 0. The van der Waals surface area contributed by atoms with E-state index in [1.165, 1.54) is 25.1 Å². The molecule has 0 aromatic heterocycles. The van der Waals surface area contributed by atoms with Crippen molar-refractivity contribution in [2.45, 2.75) is 26.0 Å². The summed E-state index contributed by atoms with van der Waals surface area (Å²) >= 11 is 11.7. The summed E-state index contributed by atoms with van der Waals surface area (Å²) in [6, 6.07) is 3.23. The van der Waals surface area contributed by atoms with Crippen LogP contribution >= 0.6 is 23.2 Å². The van der Waals surface area contributed by atoms with Crippen molar-refractivity contribution in [1.29, 1.82) is 0 Å². The third-order valence-electron chi connectivity index (χ3n) is 2.50. The summed E-state index contributed by atoms with van der Waals surface area (Å²) in [5.74, 6) is -1.20. The summed E-state index contributed by atoms with van der Waals surface area (Å²) in [5, 5.41) is 13.2. The molecule has 0 fully saturated rings. The Morgan fingerprint density at radius 3 is 2.55 bits per heavy atom. The van der Waals surface area contributed by atoms with Gasteiger partial charge in [-0.05, 0) is 19.1 Å². The Hall–Kier alpha value is -1.30. The van der Waals surface area contributed by atoms with Crippen molar-refractivity contribution in [3.63, 3.8) is 0 Å². The highest BCUT2D eigenvalue weighted by Crippen LogP contribution is 2.28. The quantitative estimate of drug-likeness (QED) is 0.815. The predicted molar refractivity (Wildman–Crippen MR) is 75.7 cm³/mol. The molecule has 0 unspecified atom stereocenters. The van der Waals surface area contributed by atoms with E-state index in [9.17, 15) is 14.7 Å². The van der Waals surface area contributed by atoms with Crippen LogP contribution in [0.25, 0.3) is 0 Å². The number of esters is 1. The van der Waals surface area contributed by atoms with E-state index >= 15 is 0 Å². The second-order valence-corrected chi connectivity index (χ2v) is 4.88. The highest BCUT2D eigenvalue weighted by molar-refractivity contribution is 6.35. The van der Waals surface area contributed by atoms with Gasteiger partial charge in [0.2, 0.25) is 5.91 Å². The van der Waals surface area contributed by atoms with Crippen LogP contribution in [-0.4, -0.2) is 29.6 Å². The fourth-order valence-electron chi connectivity index (χ4n) is 1.64. The van der Waals surface area contributed by atoms with Crippen molar-refractivity contribution in [3.8, 4) is 0 Å². The van der Waals surface area contributed by atoms with Gasteiger partial charge in [-0.2, -0.15) is 0 Å². The molecular formula is C13H15Cl2NO4. The minimum Gasteiger partial charge on any atom is -0.464 e. The van der Waals surface area contributed by atoms with Gasteiger partial charge in [0.15, 0.2) is 6.04 Å². The predicted octanol–water partition coefficient (Wildman–Crippen LogP) is 2.09. The lowest BCUT2D eigenvalue weighted by atomic mass is 10.0. The number of halogens is 2. The van der Waals surface area contributed by atoms with Crippen LogP contribution in [0.2, 0.25) is 10.0 Å². The molecule has 1 rings (SSSR count). The lowest BCUT2D eigenvalue weighted by Gasteiger charge is -2.23. The molecular weight excluding hydrogens is 305 g/mol.